The third kappa shape index (κ3) is 4.24. The number of esters is 1. The van der Waals surface area contributed by atoms with Crippen LogP contribution in [0.15, 0.2) is 24.3 Å². The molecule has 104 valence electrons. The van der Waals surface area contributed by atoms with Gasteiger partial charge in [0.1, 0.15) is 5.75 Å². The Morgan fingerprint density at radius 3 is 2.79 bits per heavy atom. The molecule has 0 saturated carbocycles. The van der Waals surface area contributed by atoms with Crippen LogP contribution >= 0.6 is 0 Å². The summed E-state index contributed by atoms with van der Waals surface area (Å²) in [7, 11) is 1.40. The van der Waals surface area contributed by atoms with Crippen LogP contribution in [0.3, 0.4) is 0 Å². The van der Waals surface area contributed by atoms with E-state index in [0.29, 0.717) is 5.92 Å². The summed E-state index contributed by atoms with van der Waals surface area (Å²) in [5.41, 5.74) is 0.892. The Kier molecular flexibility index (Phi) is 5.21. The molecule has 0 radical (unpaired) electrons. The molecule has 0 unspecified atom stereocenters. The Bertz CT molecular complexity index is 414. The lowest BCUT2D eigenvalue weighted by Gasteiger charge is -2.23. The molecular weight excluding hydrogens is 242 g/mol. The number of para-hydroxylation sites is 1. The molecular formula is C15H21NO3. The van der Waals surface area contributed by atoms with Crippen LogP contribution < -0.4 is 10.1 Å². The van der Waals surface area contributed by atoms with Gasteiger partial charge in [0.2, 0.25) is 0 Å². The van der Waals surface area contributed by atoms with E-state index in [9.17, 15) is 4.79 Å². The first kappa shape index (κ1) is 13.9. The van der Waals surface area contributed by atoms with E-state index >= 15 is 0 Å². The van der Waals surface area contributed by atoms with Gasteiger partial charge in [-0.1, -0.05) is 18.2 Å². The third-order valence-electron chi connectivity index (χ3n) is 3.47. The number of benzene rings is 1. The molecule has 0 atom stereocenters. The molecule has 2 rings (SSSR count). The van der Waals surface area contributed by atoms with Gasteiger partial charge in [-0.2, -0.15) is 0 Å². The second kappa shape index (κ2) is 7.14. The van der Waals surface area contributed by atoms with Crippen molar-refractivity contribution in [3.05, 3.63) is 29.8 Å². The number of hydrogen-bond donors (Lipinski definition) is 1. The lowest BCUT2D eigenvalue weighted by atomic mass is 9.99. The molecule has 1 saturated heterocycles. The zero-order valence-corrected chi connectivity index (χ0v) is 11.4. The fourth-order valence-corrected chi connectivity index (χ4v) is 2.27. The zero-order chi connectivity index (χ0) is 13.5. The maximum absolute atomic E-state index is 11.4. The molecule has 1 heterocycles. The fraction of sp³-hybridized carbons (Fsp3) is 0.533. The monoisotopic (exact) mass is 263 g/mol. The van der Waals surface area contributed by atoms with E-state index in [0.717, 1.165) is 43.9 Å². The van der Waals surface area contributed by atoms with E-state index in [4.69, 9.17) is 9.47 Å². The van der Waals surface area contributed by atoms with Crippen molar-refractivity contribution in [2.75, 3.05) is 26.8 Å². The Labute approximate surface area is 114 Å². The molecule has 0 bridgehead atoms. The van der Waals surface area contributed by atoms with Crippen LogP contribution in [-0.4, -0.2) is 32.8 Å². The first-order valence-electron chi connectivity index (χ1n) is 6.78. The number of piperidine rings is 1. The minimum atomic E-state index is -0.238. The highest BCUT2D eigenvalue weighted by Gasteiger charge is 2.15. The number of hydrogen-bond acceptors (Lipinski definition) is 4. The van der Waals surface area contributed by atoms with E-state index in [1.165, 1.54) is 7.11 Å². The third-order valence-corrected chi connectivity index (χ3v) is 3.47. The summed E-state index contributed by atoms with van der Waals surface area (Å²) in [6.45, 7) is 2.86. The van der Waals surface area contributed by atoms with Crippen molar-refractivity contribution in [3.8, 4) is 5.75 Å². The molecule has 0 spiro atoms. The lowest BCUT2D eigenvalue weighted by molar-refractivity contribution is -0.139. The highest BCUT2D eigenvalue weighted by atomic mass is 16.5. The number of carbonyl (C=O) groups is 1. The Morgan fingerprint density at radius 1 is 1.32 bits per heavy atom. The minimum absolute atomic E-state index is 0.238. The molecule has 0 aromatic heterocycles. The number of carbonyl (C=O) groups excluding carboxylic acids is 1. The molecule has 0 amide bonds. The number of rotatable bonds is 5. The maximum Gasteiger partial charge on any atom is 0.310 e. The Morgan fingerprint density at radius 2 is 2.05 bits per heavy atom. The van der Waals surface area contributed by atoms with Crippen LogP contribution in [0.1, 0.15) is 18.4 Å². The van der Waals surface area contributed by atoms with Crippen LogP contribution in [0.25, 0.3) is 0 Å². The highest BCUT2D eigenvalue weighted by molar-refractivity contribution is 5.73. The summed E-state index contributed by atoms with van der Waals surface area (Å²) >= 11 is 0. The first-order valence-corrected chi connectivity index (χ1v) is 6.78. The molecule has 1 aliphatic rings. The number of ether oxygens (including phenoxy) is 2. The predicted molar refractivity (Wildman–Crippen MR) is 73.3 cm³/mol. The van der Waals surface area contributed by atoms with Crippen molar-refractivity contribution >= 4 is 5.97 Å². The summed E-state index contributed by atoms with van der Waals surface area (Å²) in [5.74, 6) is 1.16. The maximum atomic E-state index is 11.4. The van der Waals surface area contributed by atoms with E-state index in [-0.39, 0.29) is 12.4 Å². The van der Waals surface area contributed by atoms with Gasteiger partial charge < -0.3 is 14.8 Å². The number of nitrogens with one attached hydrogen (secondary N) is 1. The quantitative estimate of drug-likeness (QED) is 0.823. The van der Waals surface area contributed by atoms with Gasteiger partial charge in [0.15, 0.2) is 0 Å². The smallest absolute Gasteiger partial charge is 0.310 e. The average molecular weight is 263 g/mol. The van der Waals surface area contributed by atoms with E-state index in [1.54, 1.807) is 0 Å². The second-order valence-corrected chi connectivity index (χ2v) is 4.87. The van der Waals surface area contributed by atoms with Crippen molar-refractivity contribution in [1.82, 2.24) is 5.32 Å². The minimum Gasteiger partial charge on any atom is -0.493 e. The van der Waals surface area contributed by atoms with Gasteiger partial charge in [0, 0.05) is 5.56 Å². The summed E-state index contributed by atoms with van der Waals surface area (Å²) in [6, 6.07) is 7.67. The second-order valence-electron chi connectivity index (χ2n) is 4.87. The van der Waals surface area contributed by atoms with Crippen LogP contribution in [0.2, 0.25) is 0 Å². The van der Waals surface area contributed by atoms with Gasteiger partial charge in [0.05, 0.1) is 20.1 Å². The topological polar surface area (TPSA) is 47.6 Å². The van der Waals surface area contributed by atoms with Crippen molar-refractivity contribution < 1.29 is 14.3 Å². The van der Waals surface area contributed by atoms with Gasteiger partial charge in [-0.25, -0.2) is 0 Å². The molecule has 1 aromatic carbocycles. The van der Waals surface area contributed by atoms with Gasteiger partial charge >= 0.3 is 5.97 Å². The normalized spacial score (nSPS) is 16.1. The largest absolute Gasteiger partial charge is 0.493 e. The van der Waals surface area contributed by atoms with Crippen molar-refractivity contribution in [1.29, 1.82) is 0 Å². The summed E-state index contributed by atoms with van der Waals surface area (Å²) < 4.78 is 10.6. The summed E-state index contributed by atoms with van der Waals surface area (Å²) in [6.07, 6.45) is 2.57. The molecule has 4 heteroatoms. The molecule has 0 aliphatic carbocycles. The Balaban J connectivity index is 1.93. The first-order chi connectivity index (χ1) is 9.29. The van der Waals surface area contributed by atoms with Crippen molar-refractivity contribution in [2.45, 2.75) is 19.3 Å². The van der Waals surface area contributed by atoms with Crippen LogP contribution in [0, 0.1) is 5.92 Å². The average Bonchev–Trinajstić information content (AvgIpc) is 2.47. The summed E-state index contributed by atoms with van der Waals surface area (Å²) in [4.78, 5) is 11.4. The van der Waals surface area contributed by atoms with Gasteiger partial charge in [-0.3, -0.25) is 4.79 Å². The molecule has 19 heavy (non-hydrogen) atoms. The van der Waals surface area contributed by atoms with Crippen LogP contribution in [-0.2, 0) is 16.0 Å². The predicted octanol–water partition coefficient (Wildman–Crippen LogP) is 1.78. The van der Waals surface area contributed by atoms with Crippen LogP contribution in [0.4, 0.5) is 0 Å². The van der Waals surface area contributed by atoms with Crippen molar-refractivity contribution in [3.63, 3.8) is 0 Å². The standard InChI is InChI=1S/C15H21NO3/c1-18-15(17)10-13-4-2-3-5-14(13)19-11-12-6-8-16-9-7-12/h2-5,12,16H,6-11H2,1H3. The van der Waals surface area contributed by atoms with Crippen LogP contribution in [0.5, 0.6) is 5.75 Å². The molecule has 4 nitrogen and oxygen atoms in total. The fourth-order valence-electron chi connectivity index (χ4n) is 2.27. The lowest BCUT2D eigenvalue weighted by Crippen LogP contribution is -2.30. The molecule has 1 fully saturated rings. The summed E-state index contributed by atoms with van der Waals surface area (Å²) in [5, 5.41) is 3.34. The highest BCUT2D eigenvalue weighted by Crippen LogP contribution is 2.21. The van der Waals surface area contributed by atoms with Gasteiger partial charge in [-0.05, 0) is 37.9 Å². The molecule has 1 N–H and O–H groups in total. The van der Waals surface area contributed by atoms with Crippen molar-refractivity contribution in [2.24, 2.45) is 5.92 Å². The Hall–Kier alpha value is -1.55. The van der Waals surface area contributed by atoms with E-state index in [1.807, 2.05) is 24.3 Å². The number of methoxy groups -OCH3 is 1. The SMILES string of the molecule is COC(=O)Cc1ccccc1OCC1CCNCC1. The molecule has 1 aromatic rings. The van der Waals surface area contributed by atoms with E-state index < -0.39 is 0 Å². The zero-order valence-electron chi connectivity index (χ0n) is 11.4. The van der Waals surface area contributed by atoms with E-state index in [2.05, 4.69) is 5.32 Å². The van der Waals surface area contributed by atoms with Gasteiger partial charge in [-0.15, -0.1) is 0 Å². The van der Waals surface area contributed by atoms with Gasteiger partial charge in [0.25, 0.3) is 0 Å². The molecule has 1 aliphatic heterocycles.